The summed E-state index contributed by atoms with van der Waals surface area (Å²) < 4.78 is 5.41. The Kier molecular flexibility index (Phi) is 4.35. The van der Waals surface area contributed by atoms with Crippen LogP contribution in [0.25, 0.3) is 0 Å². The summed E-state index contributed by atoms with van der Waals surface area (Å²) in [4.78, 5) is 0. The minimum absolute atomic E-state index is 0.331. The lowest BCUT2D eigenvalue weighted by atomic mass is 9.69. The van der Waals surface area contributed by atoms with Gasteiger partial charge in [-0.1, -0.05) is 20.3 Å². The average molecular weight is 262 g/mol. The summed E-state index contributed by atoms with van der Waals surface area (Å²) >= 11 is 0. The second kappa shape index (κ2) is 5.83. The molecule has 0 saturated heterocycles. The van der Waals surface area contributed by atoms with E-state index < -0.39 is 0 Å². The molecule has 1 saturated carbocycles. The van der Waals surface area contributed by atoms with Crippen molar-refractivity contribution >= 4 is 5.69 Å². The van der Waals surface area contributed by atoms with Crippen molar-refractivity contribution in [2.75, 3.05) is 25.5 Å². The number of rotatable bonds is 6. The van der Waals surface area contributed by atoms with Gasteiger partial charge < -0.3 is 15.8 Å². The predicted octanol–water partition coefficient (Wildman–Crippen LogP) is 3.36. The van der Waals surface area contributed by atoms with E-state index in [0.717, 1.165) is 18.8 Å². The molecule has 3 N–H and O–H groups in total. The Bertz CT molecular complexity index is 419. The first-order valence-corrected chi connectivity index (χ1v) is 7.22. The van der Waals surface area contributed by atoms with Crippen LogP contribution in [0.1, 0.15) is 44.6 Å². The van der Waals surface area contributed by atoms with Crippen molar-refractivity contribution in [1.82, 2.24) is 0 Å². The van der Waals surface area contributed by atoms with E-state index in [0.29, 0.717) is 11.3 Å². The number of benzene rings is 1. The van der Waals surface area contributed by atoms with Crippen LogP contribution < -0.4 is 15.8 Å². The van der Waals surface area contributed by atoms with E-state index in [1.807, 2.05) is 6.07 Å². The second-order valence-corrected chi connectivity index (χ2v) is 6.02. The van der Waals surface area contributed by atoms with E-state index in [1.165, 1.54) is 30.5 Å². The van der Waals surface area contributed by atoms with Crippen molar-refractivity contribution in [3.05, 3.63) is 23.8 Å². The largest absolute Gasteiger partial charge is 0.496 e. The van der Waals surface area contributed by atoms with Crippen LogP contribution in [0.2, 0.25) is 0 Å². The molecule has 0 amide bonds. The number of ether oxygens (including phenoxy) is 1. The minimum atomic E-state index is 0.331. The summed E-state index contributed by atoms with van der Waals surface area (Å²) in [7, 11) is 1.73. The van der Waals surface area contributed by atoms with Gasteiger partial charge in [-0.15, -0.1) is 0 Å². The molecule has 19 heavy (non-hydrogen) atoms. The Morgan fingerprint density at radius 1 is 1.37 bits per heavy atom. The van der Waals surface area contributed by atoms with Gasteiger partial charge in [0.1, 0.15) is 5.75 Å². The molecule has 1 aliphatic carbocycles. The zero-order chi connectivity index (χ0) is 13.9. The molecule has 0 aliphatic heterocycles. The molecule has 3 nitrogen and oxygen atoms in total. The molecule has 106 valence electrons. The highest BCUT2D eigenvalue weighted by molar-refractivity contribution is 5.52. The summed E-state index contributed by atoms with van der Waals surface area (Å²) in [6.45, 7) is 6.14. The molecular weight excluding hydrogens is 236 g/mol. The maximum absolute atomic E-state index is 5.90. The maximum Gasteiger partial charge on any atom is 0.122 e. The van der Waals surface area contributed by atoms with Gasteiger partial charge in [0.05, 0.1) is 7.11 Å². The van der Waals surface area contributed by atoms with Gasteiger partial charge >= 0.3 is 0 Å². The normalized spacial score (nSPS) is 17.1. The molecule has 0 unspecified atom stereocenters. The van der Waals surface area contributed by atoms with Gasteiger partial charge in [-0.05, 0) is 54.5 Å². The van der Waals surface area contributed by atoms with Crippen molar-refractivity contribution in [3.63, 3.8) is 0 Å². The van der Waals surface area contributed by atoms with E-state index in [-0.39, 0.29) is 0 Å². The van der Waals surface area contributed by atoms with Crippen LogP contribution in [0.5, 0.6) is 5.75 Å². The van der Waals surface area contributed by atoms with Crippen LogP contribution in [0.4, 0.5) is 5.69 Å². The zero-order valence-electron chi connectivity index (χ0n) is 12.3. The van der Waals surface area contributed by atoms with Crippen LogP contribution in [-0.2, 0) is 0 Å². The number of hydrogen-bond acceptors (Lipinski definition) is 3. The van der Waals surface area contributed by atoms with E-state index in [2.05, 4.69) is 31.3 Å². The molecule has 3 heteroatoms. The predicted molar refractivity (Wildman–Crippen MR) is 80.9 cm³/mol. The topological polar surface area (TPSA) is 47.3 Å². The van der Waals surface area contributed by atoms with Gasteiger partial charge in [0.2, 0.25) is 0 Å². The summed E-state index contributed by atoms with van der Waals surface area (Å²) in [5.74, 6) is 1.43. The fourth-order valence-corrected chi connectivity index (χ4v) is 2.71. The van der Waals surface area contributed by atoms with Crippen molar-refractivity contribution in [2.24, 2.45) is 11.1 Å². The van der Waals surface area contributed by atoms with Crippen LogP contribution in [0.3, 0.4) is 0 Å². The first kappa shape index (κ1) is 14.2. The lowest BCUT2D eigenvalue weighted by Gasteiger charge is -2.41. The highest BCUT2D eigenvalue weighted by atomic mass is 16.5. The Morgan fingerprint density at radius 3 is 2.58 bits per heavy atom. The third kappa shape index (κ3) is 3.03. The van der Waals surface area contributed by atoms with Gasteiger partial charge in [-0.3, -0.25) is 0 Å². The van der Waals surface area contributed by atoms with Gasteiger partial charge in [-0.2, -0.15) is 0 Å². The lowest BCUT2D eigenvalue weighted by Crippen LogP contribution is -2.42. The quantitative estimate of drug-likeness (QED) is 0.826. The molecule has 0 atom stereocenters. The standard InChI is InChI=1S/C16H26N2O/c1-12(2)14-9-13(5-6-15(14)19-3)18-11-16(10-17)7-4-8-16/h5-6,9,12,18H,4,7-8,10-11,17H2,1-3H3. The fourth-order valence-electron chi connectivity index (χ4n) is 2.71. The van der Waals surface area contributed by atoms with Gasteiger partial charge in [0, 0.05) is 12.2 Å². The van der Waals surface area contributed by atoms with E-state index in [4.69, 9.17) is 10.5 Å². The molecule has 0 aromatic heterocycles. The van der Waals surface area contributed by atoms with Crippen LogP contribution in [0.15, 0.2) is 18.2 Å². The smallest absolute Gasteiger partial charge is 0.122 e. The minimum Gasteiger partial charge on any atom is -0.496 e. The number of hydrogen-bond donors (Lipinski definition) is 2. The van der Waals surface area contributed by atoms with Crippen LogP contribution in [0, 0.1) is 5.41 Å². The van der Waals surface area contributed by atoms with Gasteiger partial charge in [0.25, 0.3) is 0 Å². The highest BCUT2D eigenvalue weighted by Crippen LogP contribution is 2.40. The van der Waals surface area contributed by atoms with Crippen molar-refractivity contribution in [1.29, 1.82) is 0 Å². The van der Waals surface area contributed by atoms with Gasteiger partial charge in [-0.25, -0.2) is 0 Å². The Labute approximate surface area is 116 Å². The SMILES string of the molecule is COc1ccc(NCC2(CN)CCC2)cc1C(C)C. The monoisotopic (exact) mass is 262 g/mol. The summed E-state index contributed by atoms with van der Waals surface area (Å²) in [5.41, 5.74) is 8.65. The molecule has 1 aromatic carbocycles. The molecule has 0 bridgehead atoms. The molecular formula is C16H26N2O. The number of methoxy groups -OCH3 is 1. The number of nitrogens with two attached hydrogens (primary N) is 1. The van der Waals surface area contributed by atoms with Crippen molar-refractivity contribution in [2.45, 2.75) is 39.0 Å². The molecule has 2 rings (SSSR count). The highest BCUT2D eigenvalue weighted by Gasteiger charge is 2.35. The summed E-state index contributed by atoms with van der Waals surface area (Å²) in [6.07, 6.45) is 3.83. The third-order valence-corrected chi connectivity index (χ3v) is 4.37. The summed E-state index contributed by atoms with van der Waals surface area (Å²) in [5, 5.41) is 3.55. The van der Waals surface area contributed by atoms with Gasteiger partial charge in [0.15, 0.2) is 0 Å². The lowest BCUT2D eigenvalue weighted by molar-refractivity contribution is 0.163. The van der Waals surface area contributed by atoms with E-state index >= 15 is 0 Å². The molecule has 0 spiro atoms. The molecule has 1 fully saturated rings. The van der Waals surface area contributed by atoms with Crippen molar-refractivity contribution < 1.29 is 4.74 Å². The first-order chi connectivity index (χ1) is 9.10. The maximum atomic E-state index is 5.90. The number of anilines is 1. The summed E-state index contributed by atoms with van der Waals surface area (Å²) in [6, 6.07) is 6.34. The fraction of sp³-hybridized carbons (Fsp3) is 0.625. The second-order valence-electron chi connectivity index (χ2n) is 6.02. The molecule has 0 heterocycles. The van der Waals surface area contributed by atoms with Crippen LogP contribution in [-0.4, -0.2) is 20.2 Å². The van der Waals surface area contributed by atoms with Crippen LogP contribution >= 0.6 is 0 Å². The molecule has 1 aliphatic rings. The first-order valence-electron chi connectivity index (χ1n) is 7.22. The van der Waals surface area contributed by atoms with E-state index in [1.54, 1.807) is 7.11 Å². The van der Waals surface area contributed by atoms with Crippen molar-refractivity contribution in [3.8, 4) is 5.75 Å². The molecule has 0 radical (unpaired) electrons. The Hall–Kier alpha value is -1.22. The zero-order valence-corrected chi connectivity index (χ0v) is 12.3. The number of nitrogens with one attached hydrogen (secondary N) is 1. The Morgan fingerprint density at radius 2 is 2.11 bits per heavy atom. The Balaban J connectivity index is 2.06. The third-order valence-electron chi connectivity index (χ3n) is 4.37. The average Bonchev–Trinajstić information content (AvgIpc) is 2.37. The molecule has 1 aromatic rings. The van der Waals surface area contributed by atoms with E-state index in [9.17, 15) is 0 Å².